The first-order chi connectivity index (χ1) is 7.90. The first-order valence-corrected chi connectivity index (χ1v) is 5.85. The Morgan fingerprint density at radius 2 is 2.24 bits per heavy atom. The second-order valence-corrected chi connectivity index (χ2v) is 4.85. The lowest BCUT2D eigenvalue weighted by atomic mass is 10.2. The Labute approximate surface area is 102 Å². The van der Waals surface area contributed by atoms with E-state index in [1.54, 1.807) is 20.8 Å². The molecule has 1 aromatic rings. The molecule has 0 aromatic carbocycles. The SMILES string of the molecule is CCCCc1ncc(NC(=O)OC(C)(C)C)o1. The molecule has 5 nitrogen and oxygen atoms in total. The summed E-state index contributed by atoms with van der Waals surface area (Å²) in [7, 11) is 0. The smallest absolute Gasteiger partial charge is 0.414 e. The number of rotatable bonds is 4. The van der Waals surface area contributed by atoms with Gasteiger partial charge in [-0.05, 0) is 27.2 Å². The van der Waals surface area contributed by atoms with Gasteiger partial charge in [0.25, 0.3) is 0 Å². The van der Waals surface area contributed by atoms with E-state index in [4.69, 9.17) is 9.15 Å². The number of amides is 1. The second kappa shape index (κ2) is 5.70. The summed E-state index contributed by atoms with van der Waals surface area (Å²) in [4.78, 5) is 15.5. The number of nitrogens with zero attached hydrogens (tertiary/aromatic N) is 1. The zero-order valence-corrected chi connectivity index (χ0v) is 10.9. The van der Waals surface area contributed by atoms with E-state index in [-0.39, 0.29) is 0 Å². The van der Waals surface area contributed by atoms with E-state index in [0.717, 1.165) is 19.3 Å². The van der Waals surface area contributed by atoms with Crippen molar-refractivity contribution < 1.29 is 13.9 Å². The van der Waals surface area contributed by atoms with E-state index in [0.29, 0.717) is 11.8 Å². The van der Waals surface area contributed by atoms with Crippen LogP contribution < -0.4 is 5.32 Å². The van der Waals surface area contributed by atoms with E-state index in [2.05, 4.69) is 17.2 Å². The lowest BCUT2D eigenvalue weighted by Gasteiger charge is -2.18. The average Bonchev–Trinajstić information content (AvgIpc) is 2.59. The topological polar surface area (TPSA) is 64.4 Å². The Morgan fingerprint density at radius 1 is 1.53 bits per heavy atom. The number of aryl methyl sites for hydroxylation is 1. The van der Waals surface area contributed by atoms with Crippen molar-refractivity contribution in [3.8, 4) is 0 Å². The standard InChI is InChI=1S/C12H20N2O3/c1-5-6-7-9-13-8-10(16-9)14-11(15)17-12(2,3)4/h8H,5-7H2,1-4H3,(H,14,15). The molecule has 17 heavy (non-hydrogen) atoms. The third-order valence-electron chi connectivity index (χ3n) is 1.92. The Bertz CT molecular complexity index is 366. The van der Waals surface area contributed by atoms with Crippen LogP contribution in [0.25, 0.3) is 0 Å². The summed E-state index contributed by atoms with van der Waals surface area (Å²) in [6.45, 7) is 7.52. The quantitative estimate of drug-likeness (QED) is 0.876. The maximum Gasteiger partial charge on any atom is 0.414 e. The maximum atomic E-state index is 11.4. The molecule has 1 amide bonds. The number of carbonyl (C=O) groups is 1. The number of unbranched alkanes of at least 4 members (excludes halogenated alkanes) is 1. The summed E-state index contributed by atoms with van der Waals surface area (Å²) in [5, 5.41) is 2.50. The molecule has 0 saturated heterocycles. The first-order valence-electron chi connectivity index (χ1n) is 5.85. The van der Waals surface area contributed by atoms with Crippen molar-refractivity contribution in [1.29, 1.82) is 0 Å². The summed E-state index contributed by atoms with van der Waals surface area (Å²) in [6, 6.07) is 0. The predicted molar refractivity (Wildman–Crippen MR) is 65.0 cm³/mol. The van der Waals surface area contributed by atoms with E-state index < -0.39 is 11.7 Å². The fourth-order valence-corrected chi connectivity index (χ4v) is 1.22. The highest BCUT2D eigenvalue weighted by molar-refractivity contribution is 5.82. The van der Waals surface area contributed by atoms with Crippen molar-refractivity contribution in [2.24, 2.45) is 0 Å². The van der Waals surface area contributed by atoms with Gasteiger partial charge in [0.1, 0.15) is 5.60 Å². The molecule has 1 aromatic heterocycles. The van der Waals surface area contributed by atoms with Crippen LogP contribution in [0.1, 0.15) is 46.4 Å². The van der Waals surface area contributed by atoms with Crippen LogP contribution in [0.4, 0.5) is 10.7 Å². The molecular weight excluding hydrogens is 220 g/mol. The van der Waals surface area contributed by atoms with E-state index in [1.807, 2.05) is 0 Å². The lowest BCUT2D eigenvalue weighted by molar-refractivity contribution is 0.0632. The van der Waals surface area contributed by atoms with Gasteiger partial charge in [-0.25, -0.2) is 9.78 Å². The minimum atomic E-state index is -0.532. The summed E-state index contributed by atoms with van der Waals surface area (Å²) >= 11 is 0. The third-order valence-corrected chi connectivity index (χ3v) is 1.92. The molecule has 1 rings (SSSR count). The third kappa shape index (κ3) is 5.38. The van der Waals surface area contributed by atoms with Gasteiger partial charge in [0.2, 0.25) is 5.88 Å². The van der Waals surface area contributed by atoms with Gasteiger partial charge in [-0.2, -0.15) is 0 Å². The van der Waals surface area contributed by atoms with Crippen LogP contribution in [0.3, 0.4) is 0 Å². The summed E-state index contributed by atoms with van der Waals surface area (Å²) in [5.41, 5.74) is -0.519. The molecule has 0 bridgehead atoms. The zero-order valence-electron chi connectivity index (χ0n) is 10.9. The van der Waals surface area contributed by atoms with Crippen molar-refractivity contribution in [2.75, 3.05) is 5.32 Å². The fraction of sp³-hybridized carbons (Fsp3) is 0.667. The van der Waals surface area contributed by atoms with Crippen LogP contribution in [-0.2, 0) is 11.2 Å². The number of carbonyl (C=O) groups excluding carboxylic acids is 1. The average molecular weight is 240 g/mol. The molecule has 0 aliphatic rings. The molecule has 0 spiro atoms. The number of nitrogens with one attached hydrogen (secondary N) is 1. The van der Waals surface area contributed by atoms with Crippen molar-refractivity contribution >= 4 is 12.0 Å². The van der Waals surface area contributed by atoms with Gasteiger partial charge in [0.15, 0.2) is 5.89 Å². The van der Waals surface area contributed by atoms with E-state index in [1.165, 1.54) is 6.20 Å². The van der Waals surface area contributed by atoms with Crippen LogP contribution in [0, 0.1) is 0 Å². The Hall–Kier alpha value is -1.52. The van der Waals surface area contributed by atoms with Crippen molar-refractivity contribution in [3.05, 3.63) is 12.1 Å². The van der Waals surface area contributed by atoms with Gasteiger partial charge in [-0.3, -0.25) is 5.32 Å². The van der Waals surface area contributed by atoms with E-state index in [9.17, 15) is 4.79 Å². The largest absolute Gasteiger partial charge is 0.444 e. The van der Waals surface area contributed by atoms with Crippen molar-refractivity contribution in [2.45, 2.75) is 52.6 Å². The minimum Gasteiger partial charge on any atom is -0.444 e. The number of hydrogen-bond acceptors (Lipinski definition) is 4. The van der Waals surface area contributed by atoms with Gasteiger partial charge in [0.05, 0.1) is 6.20 Å². The highest BCUT2D eigenvalue weighted by Crippen LogP contribution is 2.14. The molecule has 1 heterocycles. The number of anilines is 1. The Morgan fingerprint density at radius 3 is 2.82 bits per heavy atom. The van der Waals surface area contributed by atoms with Gasteiger partial charge >= 0.3 is 6.09 Å². The molecule has 0 unspecified atom stereocenters. The maximum absolute atomic E-state index is 11.4. The molecule has 5 heteroatoms. The molecule has 0 aliphatic heterocycles. The monoisotopic (exact) mass is 240 g/mol. The van der Waals surface area contributed by atoms with Crippen LogP contribution in [-0.4, -0.2) is 16.7 Å². The number of oxazole rings is 1. The predicted octanol–water partition coefficient (Wildman–Crippen LogP) is 3.36. The summed E-state index contributed by atoms with van der Waals surface area (Å²) in [5.74, 6) is 0.961. The second-order valence-electron chi connectivity index (χ2n) is 4.85. The molecule has 0 aliphatic carbocycles. The van der Waals surface area contributed by atoms with E-state index >= 15 is 0 Å². The van der Waals surface area contributed by atoms with Gasteiger partial charge in [-0.15, -0.1) is 0 Å². The molecule has 0 atom stereocenters. The highest BCUT2D eigenvalue weighted by Gasteiger charge is 2.17. The fourth-order valence-electron chi connectivity index (χ4n) is 1.22. The minimum absolute atomic E-state index is 0.324. The zero-order chi connectivity index (χ0) is 12.9. The molecule has 0 radical (unpaired) electrons. The Kier molecular flexibility index (Phi) is 4.54. The molecular formula is C12H20N2O3. The number of hydrogen-bond donors (Lipinski definition) is 1. The van der Waals surface area contributed by atoms with Gasteiger partial charge < -0.3 is 9.15 Å². The molecule has 1 N–H and O–H groups in total. The molecule has 0 fully saturated rings. The van der Waals surface area contributed by atoms with Crippen molar-refractivity contribution in [1.82, 2.24) is 4.98 Å². The Balaban J connectivity index is 2.46. The molecule has 96 valence electrons. The highest BCUT2D eigenvalue weighted by atomic mass is 16.6. The van der Waals surface area contributed by atoms with Gasteiger partial charge in [0, 0.05) is 6.42 Å². The van der Waals surface area contributed by atoms with Crippen molar-refractivity contribution in [3.63, 3.8) is 0 Å². The summed E-state index contributed by atoms with van der Waals surface area (Å²) in [6.07, 6.45) is 3.85. The van der Waals surface area contributed by atoms with Gasteiger partial charge in [-0.1, -0.05) is 13.3 Å². The number of ether oxygens (including phenoxy) is 1. The number of aromatic nitrogens is 1. The van der Waals surface area contributed by atoms with Crippen LogP contribution >= 0.6 is 0 Å². The van der Waals surface area contributed by atoms with Crippen LogP contribution in [0.2, 0.25) is 0 Å². The molecule has 0 saturated carbocycles. The first kappa shape index (κ1) is 13.5. The lowest BCUT2D eigenvalue weighted by Crippen LogP contribution is -2.27. The summed E-state index contributed by atoms with van der Waals surface area (Å²) < 4.78 is 10.4. The van der Waals surface area contributed by atoms with Crippen LogP contribution in [0.15, 0.2) is 10.6 Å². The van der Waals surface area contributed by atoms with Crippen LogP contribution in [0.5, 0.6) is 0 Å². The normalized spacial score (nSPS) is 11.3.